The number of hydrogen-bond donors (Lipinski definition) is 1. The molecule has 1 rings (SSSR count). The molecule has 1 heterocycles. The molecule has 0 radical (unpaired) electrons. The summed E-state index contributed by atoms with van der Waals surface area (Å²) in [6.07, 6.45) is 0. The zero-order valence-corrected chi connectivity index (χ0v) is 6.55. The van der Waals surface area contributed by atoms with Crippen LogP contribution in [-0.4, -0.2) is 9.91 Å². The summed E-state index contributed by atoms with van der Waals surface area (Å²) in [5.74, 6) is 0. The number of aromatic nitrogens is 1. The maximum absolute atomic E-state index is 10.1. The molecule has 0 fully saturated rings. The van der Waals surface area contributed by atoms with Crippen molar-refractivity contribution < 1.29 is 4.92 Å². The normalized spacial score (nSPS) is 10.0. The Kier molecular flexibility index (Phi) is 1.94. The van der Waals surface area contributed by atoms with Gasteiger partial charge in [0.1, 0.15) is 0 Å². The van der Waals surface area contributed by atoms with E-state index in [0.29, 0.717) is 0 Å². The second kappa shape index (κ2) is 2.74. The molecule has 1 aromatic rings. The number of nitro groups is 1. The first kappa shape index (κ1) is 7.78. The van der Waals surface area contributed by atoms with Crippen molar-refractivity contribution in [3.63, 3.8) is 0 Å². The zero-order chi connectivity index (χ0) is 8.43. The zero-order valence-electron chi connectivity index (χ0n) is 6.55. The van der Waals surface area contributed by atoms with Crippen LogP contribution in [0.1, 0.15) is 17.0 Å². The molecule has 0 aromatic carbocycles. The average molecular weight is 154 g/mol. The third-order valence-corrected chi connectivity index (χ3v) is 1.56. The van der Waals surface area contributed by atoms with Gasteiger partial charge in [-0.3, -0.25) is 10.1 Å². The van der Waals surface area contributed by atoms with Gasteiger partial charge in [0, 0.05) is 21.9 Å². The van der Waals surface area contributed by atoms with Gasteiger partial charge >= 0.3 is 0 Å². The van der Waals surface area contributed by atoms with E-state index in [0.717, 1.165) is 17.0 Å². The van der Waals surface area contributed by atoms with E-state index in [9.17, 15) is 10.1 Å². The Balaban J connectivity index is 2.85. The lowest BCUT2D eigenvalue weighted by molar-refractivity contribution is -0.496. The minimum absolute atomic E-state index is 0.0871. The standard InChI is InChI=1S/C7H10N2O2/c1-5-3-7(4-9(10)11)6(2)8-5/h3,8H,4H2,1-2H3. The van der Waals surface area contributed by atoms with Crippen molar-refractivity contribution in [1.29, 1.82) is 0 Å². The highest BCUT2D eigenvalue weighted by Crippen LogP contribution is 2.09. The predicted octanol–water partition coefficient (Wildman–Crippen LogP) is 1.41. The van der Waals surface area contributed by atoms with Gasteiger partial charge in [-0.15, -0.1) is 0 Å². The van der Waals surface area contributed by atoms with Gasteiger partial charge in [0.2, 0.25) is 6.54 Å². The molecule has 0 atom stereocenters. The summed E-state index contributed by atoms with van der Waals surface area (Å²) in [5.41, 5.74) is 2.63. The largest absolute Gasteiger partial charge is 0.362 e. The minimum atomic E-state index is -0.324. The third-order valence-electron chi connectivity index (χ3n) is 1.56. The van der Waals surface area contributed by atoms with Crippen molar-refractivity contribution in [1.82, 2.24) is 4.98 Å². The van der Waals surface area contributed by atoms with E-state index < -0.39 is 0 Å². The Bertz CT molecular complexity index is 278. The molecule has 4 nitrogen and oxygen atoms in total. The molecule has 0 unspecified atom stereocenters. The topological polar surface area (TPSA) is 58.9 Å². The molecule has 60 valence electrons. The molecule has 11 heavy (non-hydrogen) atoms. The fourth-order valence-electron chi connectivity index (χ4n) is 1.09. The van der Waals surface area contributed by atoms with Crippen molar-refractivity contribution in [3.05, 3.63) is 33.1 Å². The molecule has 4 heteroatoms. The first-order valence-corrected chi connectivity index (χ1v) is 3.36. The maximum Gasteiger partial charge on any atom is 0.230 e. The van der Waals surface area contributed by atoms with Crippen LogP contribution in [0.25, 0.3) is 0 Å². The first-order chi connectivity index (χ1) is 5.09. The van der Waals surface area contributed by atoms with E-state index in [2.05, 4.69) is 4.98 Å². The van der Waals surface area contributed by atoms with Crippen molar-refractivity contribution in [3.8, 4) is 0 Å². The number of H-pyrrole nitrogens is 1. The monoisotopic (exact) mass is 154 g/mol. The highest BCUT2D eigenvalue weighted by Gasteiger charge is 2.06. The Morgan fingerprint density at radius 1 is 1.64 bits per heavy atom. The average Bonchev–Trinajstić information content (AvgIpc) is 2.09. The maximum atomic E-state index is 10.1. The lowest BCUT2D eigenvalue weighted by Gasteiger charge is -1.90. The van der Waals surface area contributed by atoms with Crippen LogP contribution in [0.2, 0.25) is 0 Å². The number of aromatic amines is 1. The molecule has 0 amide bonds. The van der Waals surface area contributed by atoms with Gasteiger partial charge < -0.3 is 4.98 Å². The highest BCUT2D eigenvalue weighted by molar-refractivity contribution is 5.23. The van der Waals surface area contributed by atoms with Gasteiger partial charge in [0.05, 0.1) is 0 Å². The van der Waals surface area contributed by atoms with E-state index in [4.69, 9.17) is 0 Å². The van der Waals surface area contributed by atoms with Gasteiger partial charge in [-0.1, -0.05) is 0 Å². The van der Waals surface area contributed by atoms with Crippen LogP contribution in [0.5, 0.6) is 0 Å². The molecule has 0 bridgehead atoms. The SMILES string of the molecule is Cc1cc(C[N+](=O)[O-])c(C)[nH]1. The van der Waals surface area contributed by atoms with E-state index in [-0.39, 0.29) is 11.5 Å². The van der Waals surface area contributed by atoms with Gasteiger partial charge in [0.15, 0.2) is 0 Å². The summed E-state index contributed by atoms with van der Waals surface area (Å²) in [5, 5.41) is 10.1. The fraction of sp³-hybridized carbons (Fsp3) is 0.429. The smallest absolute Gasteiger partial charge is 0.230 e. The fourth-order valence-corrected chi connectivity index (χ4v) is 1.09. The van der Waals surface area contributed by atoms with Gasteiger partial charge in [-0.05, 0) is 19.9 Å². The lowest BCUT2D eigenvalue weighted by atomic mass is 10.2. The van der Waals surface area contributed by atoms with E-state index >= 15 is 0 Å². The molecular weight excluding hydrogens is 144 g/mol. The molecule has 0 aliphatic rings. The number of nitrogens with one attached hydrogen (secondary N) is 1. The molecule has 1 aromatic heterocycles. The molecular formula is C7H10N2O2. The minimum Gasteiger partial charge on any atom is -0.362 e. The second-order valence-corrected chi connectivity index (χ2v) is 2.59. The number of rotatable bonds is 2. The molecule has 0 spiro atoms. The molecule has 0 saturated heterocycles. The van der Waals surface area contributed by atoms with Gasteiger partial charge in [0.25, 0.3) is 0 Å². The van der Waals surface area contributed by atoms with Crippen LogP contribution < -0.4 is 0 Å². The Labute approximate surface area is 64.4 Å². The molecule has 0 saturated carbocycles. The summed E-state index contributed by atoms with van der Waals surface area (Å²) >= 11 is 0. The van der Waals surface area contributed by atoms with Crippen molar-refractivity contribution in [2.24, 2.45) is 0 Å². The molecule has 1 N–H and O–H groups in total. The Morgan fingerprint density at radius 3 is 2.64 bits per heavy atom. The predicted molar refractivity (Wildman–Crippen MR) is 41.0 cm³/mol. The lowest BCUT2D eigenvalue weighted by Crippen LogP contribution is -1.97. The van der Waals surface area contributed by atoms with Crippen molar-refractivity contribution >= 4 is 0 Å². The second-order valence-electron chi connectivity index (χ2n) is 2.59. The number of nitrogens with zero attached hydrogens (tertiary/aromatic N) is 1. The van der Waals surface area contributed by atoms with Crippen LogP contribution in [0, 0.1) is 24.0 Å². The van der Waals surface area contributed by atoms with Crippen molar-refractivity contribution in [2.75, 3.05) is 0 Å². The van der Waals surface area contributed by atoms with Crippen LogP contribution in [0.15, 0.2) is 6.07 Å². The van der Waals surface area contributed by atoms with Crippen molar-refractivity contribution in [2.45, 2.75) is 20.4 Å². The quantitative estimate of drug-likeness (QED) is 0.517. The number of hydrogen-bond acceptors (Lipinski definition) is 2. The van der Waals surface area contributed by atoms with Gasteiger partial charge in [-0.25, -0.2) is 0 Å². The number of aryl methyl sites for hydroxylation is 2. The summed E-state index contributed by atoms with van der Waals surface area (Å²) in [6, 6.07) is 1.80. The van der Waals surface area contributed by atoms with E-state index in [1.54, 1.807) is 6.07 Å². The Hall–Kier alpha value is -1.32. The summed E-state index contributed by atoms with van der Waals surface area (Å²) in [7, 11) is 0. The van der Waals surface area contributed by atoms with Crippen LogP contribution in [0.4, 0.5) is 0 Å². The third kappa shape index (κ3) is 1.80. The van der Waals surface area contributed by atoms with Crippen LogP contribution >= 0.6 is 0 Å². The molecule has 0 aliphatic carbocycles. The van der Waals surface area contributed by atoms with Gasteiger partial charge in [-0.2, -0.15) is 0 Å². The Morgan fingerprint density at radius 2 is 2.27 bits per heavy atom. The van der Waals surface area contributed by atoms with E-state index in [1.165, 1.54) is 0 Å². The summed E-state index contributed by atoms with van der Waals surface area (Å²) in [6.45, 7) is 3.64. The van der Waals surface area contributed by atoms with E-state index in [1.807, 2.05) is 13.8 Å². The summed E-state index contributed by atoms with van der Waals surface area (Å²) < 4.78 is 0. The van der Waals surface area contributed by atoms with Crippen LogP contribution in [-0.2, 0) is 6.54 Å². The highest BCUT2D eigenvalue weighted by atomic mass is 16.6. The molecule has 0 aliphatic heterocycles. The first-order valence-electron chi connectivity index (χ1n) is 3.36. The van der Waals surface area contributed by atoms with Crippen LogP contribution in [0.3, 0.4) is 0 Å². The summed E-state index contributed by atoms with van der Waals surface area (Å²) in [4.78, 5) is 12.8.